The molecule has 1 unspecified atom stereocenters. The molecule has 7 heteroatoms. The molecule has 2 fully saturated rings. The summed E-state index contributed by atoms with van der Waals surface area (Å²) in [7, 11) is -1.45. The first-order chi connectivity index (χ1) is 13.6. The highest BCUT2D eigenvalue weighted by Gasteiger charge is 2.40. The number of rotatable bonds is 4. The molecule has 3 heterocycles. The van der Waals surface area contributed by atoms with Gasteiger partial charge in [0.1, 0.15) is 4.90 Å². The fourth-order valence-electron chi connectivity index (χ4n) is 4.15. The summed E-state index contributed by atoms with van der Waals surface area (Å²) >= 11 is 0. The molecule has 4 rings (SSSR count). The molecule has 6 nitrogen and oxygen atoms in total. The molecule has 2 saturated heterocycles. The Hall–Kier alpha value is -1.96. The van der Waals surface area contributed by atoms with E-state index in [0.717, 1.165) is 56.7 Å². The van der Waals surface area contributed by atoms with E-state index in [2.05, 4.69) is 21.8 Å². The number of sulfonamides is 1. The van der Waals surface area contributed by atoms with Crippen molar-refractivity contribution in [2.45, 2.75) is 30.2 Å². The topological polar surface area (TPSA) is 56.8 Å². The Morgan fingerprint density at radius 3 is 2.32 bits per heavy atom. The molecule has 150 valence electrons. The molecule has 28 heavy (non-hydrogen) atoms. The van der Waals surface area contributed by atoms with E-state index in [1.54, 1.807) is 10.5 Å². The van der Waals surface area contributed by atoms with Crippen LogP contribution in [-0.4, -0.2) is 62.4 Å². The lowest BCUT2D eigenvalue weighted by atomic mass is 9.98. The van der Waals surface area contributed by atoms with Crippen molar-refractivity contribution in [1.82, 2.24) is 14.2 Å². The molecule has 0 saturated carbocycles. The summed E-state index contributed by atoms with van der Waals surface area (Å²) in [4.78, 5) is 9.06. The first-order valence-corrected chi connectivity index (χ1v) is 11.5. The van der Waals surface area contributed by atoms with E-state index in [9.17, 15) is 8.42 Å². The van der Waals surface area contributed by atoms with Crippen LogP contribution in [0.3, 0.4) is 0 Å². The summed E-state index contributed by atoms with van der Waals surface area (Å²) in [5.74, 6) is 0. The van der Waals surface area contributed by atoms with Crippen LogP contribution in [0.5, 0.6) is 0 Å². The third-order valence-electron chi connectivity index (χ3n) is 5.78. The minimum Gasteiger partial charge on any atom is -0.370 e. The second-order valence-corrected chi connectivity index (χ2v) is 9.53. The smallest absolute Gasteiger partial charge is 0.247 e. The molecule has 0 spiro atoms. The lowest BCUT2D eigenvalue weighted by Gasteiger charge is -2.40. The molecule has 0 radical (unpaired) electrons. The van der Waals surface area contributed by atoms with Crippen molar-refractivity contribution in [2.75, 3.05) is 44.7 Å². The van der Waals surface area contributed by atoms with Gasteiger partial charge in [-0.3, -0.25) is 4.98 Å². The third-order valence-corrected chi connectivity index (χ3v) is 7.71. The second-order valence-electron chi connectivity index (χ2n) is 7.67. The number of benzene rings is 1. The molecule has 2 aliphatic heterocycles. The van der Waals surface area contributed by atoms with Crippen molar-refractivity contribution in [1.29, 1.82) is 0 Å². The van der Waals surface area contributed by atoms with Gasteiger partial charge in [-0.25, -0.2) is 8.42 Å². The van der Waals surface area contributed by atoms with Gasteiger partial charge in [-0.1, -0.05) is 30.3 Å². The van der Waals surface area contributed by atoms with Gasteiger partial charge < -0.3 is 9.80 Å². The number of hydrogen-bond donors (Lipinski definition) is 0. The van der Waals surface area contributed by atoms with Gasteiger partial charge in [0.05, 0.1) is 11.7 Å². The fraction of sp³-hybridized carbons (Fsp3) is 0.476. The molecule has 0 amide bonds. The molecular weight excluding hydrogens is 372 g/mol. The molecule has 0 bridgehead atoms. The number of pyridine rings is 1. The van der Waals surface area contributed by atoms with Crippen LogP contribution in [0.2, 0.25) is 0 Å². The average Bonchev–Trinajstić information content (AvgIpc) is 2.64. The highest BCUT2D eigenvalue weighted by atomic mass is 32.2. The molecule has 2 aromatic rings. The number of anilines is 1. The first kappa shape index (κ1) is 19.4. The first-order valence-electron chi connectivity index (χ1n) is 10.0. The van der Waals surface area contributed by atoms with E-state index < -0.39 is 10.0 Å². The maximum Gasteiger partial charge on any atom is 0.247 e. The maximum atomic E-state index is 13.5. The molecule has 1 aromatic carbocycles. The van der Waals surface area contributed by atoms with Crippen molar-refractivity contribution < 1.29 is 8.42 Å². The van der Waals surface area contributed by atoms with Gasteiger partial charge in [-0.05, 0) is 51.0 Å². The number of hydrogen-bond acceptors (Lipinski definition) is 5. The van der Waals surface area contributed by atoms with E-state index >= 15 is 0 Å². The summed E-state index contributed by atoms with van der Waals surface area (Å²) in [6.07, 6.45) is 6.12. The summed E-state index contributed by atoms with van der Waals surface area (Å²) in [5.41, 5.74) is 1.84. The van der Waals surface area contributed by atoms with Crippen molar-refractivity contribution in [3.8, 4) is 0 Å². The lowest BCUT2D eigenvalue weighted by molar-refractivity contribution is 0.202. The van der Waals surface area contributed by atoms with E-state index in [1.165, 1.54) is 6.20 Å². The van der Waals surface area contributed by atoms with Gasteiger partial charge in [0.2, 0.25) is 10.0 Å². The normalized spacial score (nSPS) is 22.3. The Morgan fingerprint density at radius 1 is 0.964 bits per heavy atom. The summed E-state index contributed by atoms with van der Waals surface area (Å²) < 4.78 is 28.7. The largest absolute Gasteiger partial charge is 0.370 e. The van der Waals surface area contributed by atoms with Gasteiger partial charge in [-0.15, -0.1) is 0 Å². The maximum absolute atomic E-state index is 13.5. The monoisotopic (exact) mass is 400 g/mol. The predicted molar refractivity (Wildman–Crippen MR) is 111 cm³/mol. The molecule has 0 aliphatic carbocycles. The molecule has 0 N–H and O–H groups in total. The van der Waals surface area contributed by atoms with Gasteiger partial charge in [0.15, 0.2) is 0 Å². The van der Waals surface area contributed by atoms with Crippen LogP contribution in [0.15, 0.2) is 53.7 Å². The zero-order valence-electron chi connectivity index (χ0n) is 16.4. The highest BCUT2D eigenvalue weighted by Crippen LogP contribution is 2.40. The van der Waals surface area contributed by atoms with E-state index in [4.69, 9.17) is 0 Å². The van der Waals surface area contributed by atoms with E-state index in [-0.39, 0.29) is 6.04 Å². The Labute approximate surface area is 167 Å². The van der Waals surface area contributed by atoms with Crippen LogP contribution in [-0.2, 0) is 10.0 Å². The van der Waals surface area contributed by atoms with Crippen LogP contribution in [0.25, 0.3) is 0 Å². The van der Waals surface area contributed by atoms with E-state index in [1.807, 2.05) is 36.4 Å². The van der Waals surface area contributed by atoms with Crippen molar-refractivity contribution in [3.05, 3.63) is 54.4 Å². The predicted octanol–water partition coefficient (Wildman–Crippen LogP) is 2.75. The van der Waals surface area contributed by atoms with Gasteiger partial charge in [-0.2, -0.15) is 4.31 Å². The molecule has 2 aliphatic rings. The highest BCUT2D eigenvalue weighted by molar-refractivity contribution is 7.89. The second kappa shape index (κ2) is 8.19. The van der Waals surface area contributed by atoms with Crippen LogP contribution >= 0.6 is 0 Å². The van der Waals surface area contributed by atoms with Gasteiger partial charge in [0.25, 0.3) is 0 Å². The average molecular weight is 401 g/mol. The standard InChI is InChI=1S/C21H28N4O2S/c1-23-12-5-14-24(15-6-13-23)20-9-11-22-17-21(20)28(26,27)25-16-10-19(25)18-7-3-2-4-8-18/h2-4,7-9,11,17,19H,5-6,10,12-16H2,1H3. The summed E-state index contributed by atoms with van der Waals surface area (Å²) in [6, 6.07) is 11.7. The van der Waals surface area contributed by atoms with Gasteiger partial charge >= 0.3 is 0 Å². The van der Waals surface area contributed by atoms with Crippen molar-refractivity contribution in [3.63, 3.8) is 0 Å². The summed E-state index contributed by atoms with van der Waals surface area (Å²) in [6.45, 7) is 4.34. The minimum atomic E-state index is -3.59. The lowest BCUT2D eigenvalue weighted by Crippen LogP contribution is -2.45. The Balaban J connectivity index is 1.62. The van der Waals surface area contributed by atoms with Crippen LogP contribution in [0.4, 0.5) is 5.69 Å². The van der Waals surface area contributed by atoms with Crippen molar-refractivity contribution in [2.24, 2.45) is 0 Å². The number of aromatic nitrogens is 1. The zero-order chi connectivity index (χ0) is 19.6. The molecular formula is C21H28N4O2S. The Bertz CT molecular complexity index is 894. The van der Waals surface area contributed by atoms with Crippen LogP contribution in [0.1, 0.15) is 30.9 Å². The third kappa shape index (κ3) is 3.79. The Morgan fingerprint density at radius 2 is 1.68 bits per heavy atom. The fourth-order valence-corrected chi connectivity index (χ4v) is 5.96. The minimum absolute atomic E-state index is 0.0831. The van der Waals surface area contributed by atoms with Crippen LogP contribution < -0.4 is 4.90 Å². The zero-order valence-corrected chi connectivity index (χ0v) is 17.2. The number of nitrogens with zero attached hydrogens (tertiary/aromatic N) is 4. The van der Waals surface area contributed by atoms with Gasteiger partial charge in [0, 0.05) is 32.0 Å². The molecule has 1 aromatic heterocycles. The van der Waals surface area contributed by atoms with Crippen molar-refractivity contribution >= 4 is 15.7 Å². The summed E-state index contributed by atoms with van der Waals surface area (Å²) in [5, 5.41) is 0. The molecule has 1 atom stereocenters. The quantitative estimate of drug-likeness (QED) is 0.790. The SMILES string of the molecule is CN1CCCN(c2ccncc2S(=O)(=O)N2CCC2c2ccccc2)CCC1. The van der Waals surface area contributed by atoms with E-state index in [0.29, 0.717) is 11.4 Å². The van der Waals surface area contributed by atoms with Crippen LogP contribution in [0, 0.1) is 0 Å². The Kier molecular flexibility index (Phi) is 5.66.